The molecule has 0 amide bonds. The molecule has 2 rings (SSSR count). The Hall–Kier alpha value is -1.13. The smallest absolute Gasteiger partial charge is 0.143 e. The summed E-state index contributed by atoms with van der Waals surface area (Å²) in [5, 5.41) is 4.00. The van der Waals surface area contributed by atoms with Crippen LogP contribution in [0.4, 0.5) is 5.69 Å². The third-order valence-corrected chi connectivity index (χ3v) is 3.82. The molecule has 1 aromatic carbocycles. The minimum absolute atomic E-state index is 0.308. The lowest BCUT2D eigenvalue weighted by Gasteiger charge is -2.22. The lowest BCUT2D eigenvalue weighted by Crippen LogP contribution is -2.26. The molecule has 0 bridgehead atoms. The van der Waals surface area contributed by atoms with Crippen molar-refractivity contribution in [3.05, 3.63) is 17.2 Å². The summed E-state index contributed by atoms with van der Waals surface area (Å²) >= 11 is 6.09. The normalized spacial score (nSPS) is 20.1. The van der Waals surface area contributed by atoms with Crippen LogP contribution in [0.2, 0.25) is 5.02 Å². The average molecular weight is 286 g/mol. The number of rotatable bonds is 5. The maximum atomic E-state index is 6.09. The predicted molar refractivity (Wildman–Crippen MR) is 76.6 cm³/mol. The minimum Gasteiger partial charge on any atom is -0.495 e. The average Bonchev–Trinajstić information content (AvgIpc) is 2.94. The van der Waals surface area contributed by atoms with Crippen LogP contribution in [-0.2, 0) is 4.74 Å². The number of hydrogen-bond donors (Lipinski definition) is 1. The fourth-order valence-corrected chi connectivity index (χ4v) is 2.51. The van der Waals surface area contributed by atoms with Crippen molar-refractivity contribution in [3.63, 3.8) is 0 Å². The first-order chi connectivity index (χ1) is 9.15. The Morgan fingerprint density at radius 2 is 2.05 bits per heavy atom. The molecule has 4 nitrogen and oxygen atoms in total. The van der Waals surface area contributed by atoms with Crippen molar-refractivity contribution in [1.29, 1.82) is 0 Å². The van der Waals surface area contributed by atoms with E-state index < -0.39 is 0 Å². The molecule has 2 atom stereocenters. The second-order valence-electron chi connectivity index (χ2n) is 4.74. The van der Waals surface area contributed by atoms with Gasteiger partial charge in [0.25, 0.3) is 0 Å². The fourth-order valence-electron chi connectivity index (χ4n) is 2.28. The largest absolute Gasteiger partial charge is 0.495 e. The molecular formula is C14H20ClNO3. The van der Waals surface area contributed by atoms with Gasteiger partial charge in [0.05, 0.1) is 31.5 Å². The maximum absolute atomic E-state index is 6.09. The lowest BCUT2D eigenvalue weighted by molar-refractivity contribution is 0.183. The van der Waals surface area contributed by atoms with Crippen LogP contribution in [0.25, 0.3) is 0 Å². The highest BCUT2D eigenvalue weighted by atomic mass is 35.5. The molecule has 0 aromatic heterocycles. The number of anilines is 1. The molecular weight excluding hydrogens is 266 g/mol. The fraction of sp³-hybridized carbons (Fsp3) is 0.571. The lowest BCUT2D eigenvalue weighted by atomic mass is 10.0. The summed E-state index contributed by atoms with van der Waals surface area (Å²) in [6.45, 7) is 3.80. The Balaban J connectivity index is 2.17. The minimum atomic E-state index is 0.308. The second kappa shape index (κ2) is 6.35. The number of nitrogens with one attached hydrogen (secondary N) is 1. The van der Waals surface area contributed by atoms with Gasteiger partial charge in [0.1, 0.15) is 11.5 Å². The van der Waals surface area contributed by atoms with Crippen LogP contribution in [0.5, 0.6) is 11.5 Å². The zero-order valence-electron chi connectivity index (χ0n) is 11.5. The van der Waals surface area contributed by atoms with Gasteiger partial charge in [0.2, 0.25) is 0 Å². The molecule has 1 aliphatic rings. The van der Waals surface area contributed by atoms with E-state index in [1.54, 1.807) is 20.3 Å². The van der Waals surface area contributed by atoms with Crippen LogP contribution in [0.15, 0.2) is 12.1 Å². The van der Waals surface area contributed by atoms with Gasteiger partial charge in [-0.15, -0.1) is 0 Å². The molecule has 1 fully saturated rings. The molecule has 0 aliphatic carbocycles. The summed E-state index contributed by atoms with van der Waals surface area (Å²) in [5.74, 6) is 1.88. The Bertz CT molecular complexity index is 433. The van der Waals surface area contributed by atoms with Crippen molar-refractivity contribution in [2.24, 2.45) is 5.92 Å². The number of benzene rings is 1. The molecule has 106 valence electrons. The van der Waals surface area contributed by atoms with Crippen molar-refractivity contribution in [2.45, 2.75) is 19.4 Å². The quantitative estimate of drug-likeness (QED) is 0.902. The third-order valence-electron chi connectivity index (χ3n) is 3.53. The van der Waals surface area contributed by atoms with Gasteiger partial charge in [0.15, 0.2) is 0 Å². The first kappa shape index (κ1) is 14.3. The van der Waals surface area contributed by atoms with Crippen LogP contribution in [0, 0.1) is 5.92 Å². The van der Waals surface area contributed by atoms with Crippen molar-refractivity contribution in [2.75, 3.05) is 32.8 Å². The number of ether oxygens (including phenoxy) is 3. The molecule has 1 aliphatic heterocycles. The van der Waals surface area contributed by atoms with E-state index in [0.717, 1.165) is 31.1 Å². The van der Waals surface area contributed by atoms with Crippen molar-refractivity contribution in [3.8, 4) is 11.5 Å². The molecule has 0 saturated carbocycles. The summed E-state index contributed by atoms with van der Waals surface area (Å²) in [7, 11) is 3.23. The van der Waals surface area contributed by atoms with Crippen molar-refractivity contribution >= 4 is 17.3 Å². The van der Waals surface area contributed by atoms with E-state index >= 15 is 0 Å². The van der Waals surface area contributed by atoms with E-state index in [-0.39, 0.29) is 0 Å². The van der Waals surface area contributed by atoms with Gasteiger partial charge in [-0.05, 0) is 13.3 Å². The Kier molecular flexibility index (Phi) is 4.77. The molecule has 1 N–H and O–H groups in total. The van der Waals surface area contributed by atoms with Crippen molar-refractivity contribution < 1.29 is 14.2 Å². The molecule has 0 radical (unpaired) electrons. The van der Waals surface area contributed by atoms with Crippen molar-refractivity contribution in [1.82, 2.24) is 0 Å². The summed E-state index contributed by atoms with van der Waals surface area (Å²) in [6, 6.07) is 3.94. The first-order valence-corrected chi connectivity index (χ1v) is 6.79. The Morgan fingerprint density at radius 3 is 2.63 bits per heavy atom. The highest BCUT2D eigenvalue weighted by Gasteiger charge is 2.23. The molecule has 1 saturated heterocycles. The van der Waals surface area contributed by atoms with E-state index in [2.05, 4.69) is 12.2 Å². The summed E-state index contributed by atoms with van der Waals surface area (Å²) in [6.07, 6.45) is 1.08. The summed E-state index contributed by atoms with van der Waals surface area (Å²) in [4.78, 5) is 0. The van der Waals surface area contributed by atoms with Gasteiger partial charge >= 0.3 is 0 Å². The highest BCUT2D eigenvalue weighted by Crippen LogP contribution is 2.36. The number of halogens is 1. The monoisotopic (exact) mass is 285 g/mol. The van der Waals surface area contributed by atoms with Crippen LogP contribution in [0.1, 0.15) is 13.3 Å². The van der Waals surface area contributed by atoms with Crippen LogP contribution in [-0.4, -0.2) is 33.5 Å². The zero-order chi connectivity index (χ0) is 13.8. The number of methoxy groups -OCH3 is 2. The molecule has 2 unspecified atom stereocenters. The van der Waals surface area contributed by atoms with Gasteiger partial charge < -0.3 is 19.5 Å². The predicted octanol–water partition coefficient (Wildman–Crippen LogP) is 3.19. The molecule has 1 aromatic rings. The van der Waals surface area contributed by atoms with Crippen LogP contribution in [0.3, 0.4) is 0 Å². The third kappa shape index (κ3) is 3.25. The van der Waals surface area contributed by atoms with E-state index in [4.69, 9.17) is 25.8 Å². The van der Waals surface area contributed by atoms with Gasteiger partial charge in [-0.25, -0.2) is 0 Å². The van der Waals surface area contributed by atoms with E-state index in [0.29, 0.717) is 22.7 Å². The van der Waals surface area contributed by atoms with E-state index in [1.165, 1.54) is 0 Å². The first-order valence-electron chi connectivity index (χ1n) is 6.41. The van der Waals surface area contributed by atoms with Crippen LogP contribution >= 0.6 is 11.6 Å². The second-order valence-corrected chi connectivity index (χ2v) is 5.15. The summed E-state index contributed by atoms with van der Waals surface area (Å²) in [5.41, 5.74) is 0.892. The molecule has 1 heterocycles. The Labute approximate surface area is 119 Å². The maximum Gasteiger partial charge on any atom is 0.143 e. The van der Waals surface area contributed by atoms with E-state index in [1.807, 2.05) is 6.07 Å². The molecule has 0 spiro atoms. The standard InChI is InChI=1S/C14H20ClNO3/c1-9(10-4-5-19-8-10)16-12-7-13(17-2)11(15)6-14(12)18-3/h6-7,9-10,16H,4-5,8H2,1-3H3. The SMILES string of the molecule is COc1cc(NC(C)C2CCOC2)c(OC)cc1Cl. The number of hydrogen-bond acceptors (Lipinski definition) is 4. The van der Waals surface area contributed by atoms with Crippen LogP contribution < -0.4 is 14.8 Å². The highest BCUT2D eigenvalue weighted by molar-refractivity contribution is 6.32. The summed E-state index contributed by atoms with van der Waals surface area (Å²) < 4.78 is 16.0. The topological polar surface area (TPSA) is 39.7 Å². The van der Waals surface area contributed by atoms with Gasteiger partial charge in [0, 0.05) is 30.7 Å². The Morgan fingerprint density at radius 1 is 1.32 bits per heavy atom. The molecule has 19 heavy (non-hydrogen) atoms. The van der Waals surface area contributed by atoms with E-state index in [9.17, 15) is 0 Å². The van der Waals surface area contributed by atoms with Gasteiger partial charge in [-0.2, -0.15) is 0 Å². The van der Waals surface area contributed by atoms with Gasteiger partial charge in [-0.1, -0.05) is 11.6 Å². The zero-order valence-corrected chi connectivity index (χ0v) is 12.3. The molecule has 5 heteroatoms. The van der Waals surface area contributed by atoms with Gasteiger partial charge in [-0.3, -0.25) is 0 Å².